The molecule has 0 atom stereocenters. The SMILES string of the molecule is COc1ccc(OC)c(NC(=O)C(=O)Nc2nc(C)cs2)c1. The van der Waals surface area contributed by atoms with E-state index in [1.165, 1.54) is 25.6 Å². The number of hydrogen-bond donors (Lipinski definition) is 2. The van der Waals surface area contributed by atoms with E-state index in [4.69, 9.17) is 9.47 Å². The van der Waals surface area contributed by atoms with E-state index in [1.54, 1.807) is 30.5 Å². The minimum atomic E-state index is -0.820. The van der Waals surface area contributed by atoms with Gasteiger partial charge in [0.2, 0.25) is 0 Å². The Morgan fingerprint density at radius 3 is 2.45 bits per heavy atom. The third-order valence-corrected chi connectivity index (χ3v) is 3.58. The molecular weight excluding hydrogens is 306 g/mol. The third kappa shape index (κ3) is 3.73. The van der Waals surface area contributed by atoms with Gasteiger partial charge in [0.1, 0.15) is 11.5 Å². The standard InChI is InChI=1S/C14H15N3O4S/c1-8-7-22-14(15-8)17-13(19)12(18)16-10-6-9(20-2)4-5-11(10)21-3/h4-7H,1-3H3,(H,16,18)(H,15,17,19). The number of carbonyl (C=O) groups is 2. The first-order valence-electron chi connectivity index (χ1n) is 6.30. The highest BCUT2D eigenvalue weighted by molar-refractivity contribution is 7.14. The van der Waals surface area contributed by atoms with Crippen molar-refractivity contribution < 1.29 is 19.1 Å². The fraction of sp³-hybridized carbons (Fsp3) is 0.214. The molecule has 0 bridgehead atoms. The number of ether oxygens (including phenoxy) is 2. The Hall–Kier alpha value is -2.61. The molecule has 0 spiro atoms. The molecule has 116 valence electrons. The van der Waals surface area contributed by atoms with E-state index < -0.39 is 11.8 Å². The molecule has 1 aromatic heterocycles. The van der Waals surface area contributed by atoms with Gasteiger partial charge in [0.25, 0.3) is 0 Å². The maximum Gasteiger partial charge on any atom is 0.315 e. The monoisotopic (exact) mass is 321 g/mol. The summed E-state index contributed by atoms with van der Waals surface area (Å²) in [6.45, 7) is 1.80. The summed E-state index contributed by atoms with van der Waals surface area (Å²) >= 11 is 1.25. The zero-order valence-corrected chi connectivity index (χ0v) is 13.1. The number of methoxy groups -OCH3 is 2. The molecule has 0 aliphatic carbocycles. The van der Waals surface area contributed by atoms with Crippen LogP contribution in [0.5, 0.6) is 11.5 Å². The Kier molecular flexibility index (Phi) is 4.95. The average Bonchev–Trinajstić information content (AvgIpc) is 2.92. The zero-order chi connectivity index (χ0) is 16.1. The van der Waals surface area contributed by atoms with E-state index in [0.717, 1.165) is 5.69 Å². The molecule has 2 N–H and O–H groups in total. The van der Waals surface area contributed by atoms with Gasteiger partial charge in [-0.1, -0.05) is 0 Å². The predicted octanol–water partition coefficient (Wildman–Crippen LogP) is 2.05. The van der Waals surface area contributed by atoms with Crippen molar-refractivity contribution in [3.63, 3.8) is 0 Å². The van der Waals surface area contributed by atoms with Crippen molar-refractivity contribution in [3.05, 3.63) is 29.3 Å². The lowest BCUT2D eigenvalue weighted by Gasteiger charge is -2.11. The van der Waals surface area contributed by atoms with Gasteiger partial charge in [-0.15, -0.1) is 11.3 Å². The minimum absolute atomic E-state index is 0.345. The van der Waals surface area contributed by atoms with E-state index in [-0.39, 0.29) is 0 Å². The van der Waals surface area contributed by atoms with Gasteiger partial charge in [-0.3, -0.25) is 14.9 Å². The highest BCUT2D eigenvalue weighted by atomic mass is 32.1. The molecule has 22 heavy (non-hydrogen) atoms. The van der Waals surface area contributed by atoms with Crippen LogP contribution >= 0.6 is 11.3 Å². The summed E-state index contributed by atoms with van der Waals surface area (Å²) in [6, 6.07) is 4.89. The van der Waals surface area contributed by atoms with Gasteiger partial charge < -0.3 is 14.8 Å². The fourth-order valence-electron chi connectivity index (χ4n) is 1.66. The van der Waals surface area contributed by atoms with E-state index in [9.17, 15) is 9.59 Å². The van der Waals surface area contributed by atoms with Crippen molar-refractivity contribution in [1.29, 1.82) is 0 Å². The van der Waals surface area contributed by atoms with Gasteiger partial charge in [0.05, 0.1) is 25.6 Å². The molecule has 2 rings (SSSR count). The van der Waals surface area contributed by atoms with Gasteiger partial charge in [-0.2, -0.15) is 0 Å². The van der Waals surface area contributed by atoms with E-state index in [1.807, 2.05) is 0 Å². The molecule has 0 saturated heterocycles. The Bertz CT molecular complexity index is 699. The molecule has 0 aliphatic rings. The van der Waals surface area contributed by atoms with Crippen LogP contribution < -0.4 is 20.1 Å². The maximum absolute atomic E-state index is 11.9. The number of amides is 2. The highest BCUT2D eigenvalue weighted by Gasteiger charge is 2.17. The number of anilines is 2. The topological polar surface area (TPSA) is 89.5 Å². The first kappa shape index (κ1) is 15.8. The molecule has 7 nitrogen and oxygen atoms in total. The van der Waals surface area contributed by atoms with Gasteiger partial charge >= 0.3 is 11.8 Å². The van der Waals surface area contributed by atoms with Crippen molar-refractivity contribution in [1.82, 2.24) is 4.98 Å². The van der Waals surface area contributed by atoms with Crippen molar-refractivity contribution in [2.75, 3.05) is 24.9 Å². The summed E-state index contributed by atoms with van der Waals surface area (Å²) in [7, 11) is 2.97. The Morgan fingerprint density at radius 2 is 1.86 bits per heavy atom. The number of aromatic nitrogens is 1. The molecule has 0 saturated carbocycles. The smallest absolute Gasteiger partial charge is 0.315 e. The molecular formula is C14H15N3O4S. The number of nitrogens with zero attached hydrogens (tertiary/aromatic N) is 1. The lowest BCUT2D eigenvalue weighted by Crippen LogP contribution is -2.29. The summed E-state index contributed by atoms with van der Waals surface area (Å²) < 4.78 is 10.2. The summed E-state index contributed by atoms with van der Waals surface area (Å²) in [5.74, 6) is -0.669. The van der Waals surface area contributed by atoms with E-state index in [2.05, 4.69) is 15.6 Å². The van der Waals surface area contributed by atoms with Crippen LogP contribution in [0.4, 0.5) is 10.8 Å². The fourth-order valence-corrected chi connectivity index (χ4v) is 2.34. The molecule has 2 amide bonds. The summed E-state index contributed by atoms with van der Waals surface area (Å²) in [6.07, 6.45) is 0. The van der Waals surface area contributed by atoms with E-state index >= 15 is 0 Å². The molecule has 0 fully saturated rings. The first-order valence-corrected chi connectivity index (χ1v) is 7.18. The first-order chi connectivity index (χ1) is 10.5. The quantitative estimate of drug-likeness (QED) is 0.841. The van der Waals surface area contributed by atoms with Crippen LogP contribution in [0.25, 0.3) is 0 Å². The average molecular weight is 321 g/mol. The summed E-state index contributed by atoms with van der Waals surface area (Å²) in [4.78, 5) is 27.9. The zero-order valence-electron chi connectivity index (χ0n) is 12.3. The number of hydrogen-bond acceptors (Lipinski definition) is 6. The van der Waals surface area contributed by atoms with E-state index in [0.29, 0.717) is 22.3 Å². The second-order valence-electron chi connectivity index (χ2n) is 4.27. The van der Waals surface area contributed by atoms with Gasteiger partial charge in [-0.25, -0.2) is 4.98 Å². The second kappa shape index (κ2) is 6.90. The van der Waals surface area contributed by atoms with Gasteiger partial charge in [0, 0.05) is 11.4 Å². The molecule has 0 radical (unpaired) electrons. The van der Waals surface area contributed by atoms with Crippen LogP contribution in [-0.2, 0) is 9.59 Å². The molecule has 1 aromatic carbocycles. The Morgan fingerprint density at radius 1 is 1.14 bits per heavy atom. The lowest BCUT2D eigenvalue weighted by atomic mass is 10.2. The van der Waals surface area contributed by atoms with Crippen molar-refractivity contribution >= 4 is 34.0 Å². The van der Waals surface area contributed by atoms with Crippen LogP contribution in [0.3, 0.4) is 0 Å². The van der Waals surface area contributed by atoms with Gasteiger partial charge in [-0.05, 0) is 19.1 Å². The normalized spacial score (nSPS) is 9.95. The number of rotatable bonds is 4. The summed E-state index contributed by atoms with van der Waals surface area (Å²) in [5.41, 5.74) is 1.12. The lowest BCUT2D eigenvalue weighted by molar-refractivity contribution is -0.133. The Balaban J connectivity index is 2.09. The third-order valence-electron chi connectivity index (χ3n) is 2.70. The number of aryl methyl sites for hydroxylation is 1. The molecule has 2 aromatic rings. The van der Waals surface area contributed by atoms with Crippen molar-refractivity contribution in [3.8, 4) is 11.5 Å². The van der Waals surface area contributed by atoms with Crippen LogP contribution in [0.1, 0.15) is 5.69 Å². The number of benzene rings is 1. The molecule has 0 aliphatic heterocycles. The Labute approximate surface area is 131 Å². The van der Waals surface area contributed by atoms with Crippen LogP contribution in [0, 0.1) is 6.92 Å². The molecule has 1 heterocycles. The second-order valence-corrected chi connectivity index (χ2v) is 5.13. The predicted molar refractivity (Wildman–Crippen MR) is 83.7 cm³/mol. The molecule has 0 unspecified atom stereocenters. The number of carbonyl (C=O) groups excluding carboxylic acids is 2. The largest absolute Gasteiger partial charge is 0.497 e. The molecule has 8 heteroatoms. The van der Waals surface area contributed by atoms with Gasteiger partial charge in [0.15, 0.2) is 5.13 Å². The minimum Gasteiger partial charge on any atom is -0.497 e. The van der Waals surface area contributed by atoms with Crippen LogP contribution in [0.15, 0.2) is 23.6 Å². The number of thiazole rings is 1. The van der Waals surface area contributed by atoms with Crippen molar-refractivity contribution in [2.24, 2.45) is 0 Å². The number of nitrogens with one attached hydrogen (secondary N) is 2. The van der Waals surface area contributed by atoms with Crippen LogP contribution in [-0.4, -0.2) is 31.0 Å². The highest BCUT2D eigenvalue weighted by Crippen LogP contribution is 2.28. The van der Waals surface area contributed by atoms with Crippen LogP contribution in [0.2, 0.25) is 0 Å². The van der Waals surface area contributed by atoms with Crippen molar-refractivity contribution in [2.45, 2.75) is 6.92 Å². The maximum atomic E-state index is 11.9. The summed E-state index contributed by atoms with van der Waals surface area (Å²) in [5, 5.41) is 7.06.